The van der Waals surface area contributed by atoms with Crippen LogP contribution in [0.3, 0.4) is 0 Å². The number of furan rings is 1. The predicted molar refractivity (Wildman–Crippen MR) is 167 cm³/mol. The van der Waals surface area contributed by atoms with E-state index in [1.54, 1.807) is 26.1 Å². The van der Waals surface area contributed by atoms with Crippen LogP contribution in [-0.4, -0.2) is 65.7 Å². The Hall–Kier alpha value is -4.18. The molecular weight excluding hydrogens is 585 g/mol. The van der Waals surface area contributed by atoms with Gasteiger partial charge < -0.3 is 23.9 Å². The van der Waals surface area contributed by atoms with Gasteiger partial charge in [-0.15, -0.1) is 0 Å². The second-order valence-corrected chi connectivity index (χ2v) is 11.4. The molecule has 2 aromatic heterocycles. The molecule has 0 saturated carbocycles. The first kappa shape index (κ1) is 29.9. The number of fused-ring (bicyclic) bond motifs is 3. The highest BCUT2D eigenvalue weighted by molar-refractivity contribution is 6.30. The molecule has 3 heterocycles. The zero-order valence-corrected chi connectivity index (χ0v) is 25.5. The van der Waals surface area contributed by atoms with Crippen LogP contribution in [-0.2, 0) is 11.3 Å². The quantitative estimate of drug-likeness (QED) is 0.189. The Morgan fingerprint density at radius 2 is 1.86 bits per heavy atom. The van der Waals surface area contributed by atoms with Gasteiger partial charge in [-0.05, 0) is 50.2 Å². The first-order valence-corrected chi connectivity index (χ1v) is 14.9. The molecule has 1 saturated heterocycles. The number of hydrogen-bond donors (Lipinski definition) is 1. The van der Waals surface area contributed by atoms with Gasteiger partial charge in [0.25, 0.3) is 0 Å². The Morgan fingerprint density at radius 1 is 1.11 bits per heavy atom. The van der Waals surface area contributed by atoms with Crippen molar-refractivity contribution in [3.63, 3.8) is 0 Å². The fourth-order valence-electron chi connectivity index (χ4n) is 5.96. The number of carbonyl (C=O) groups is 1. The number of aryl methyl sites for hydroxylation is 1. The third-order valence-electron chi connectivity index (χ3n) is 8.14. The van der Waals surface area contributed by atoms with E-state index >= 15 is 0 Å². The third kappa shape index (κ3) is 5.58. The van der Waals surface area contributed by atoms with E-state index in [2.05, 4.69) is 21.8 Å². The number of rotatable bonds is 8. The number of nitrogens with zero attached hydrogens (tertiary/aromatic N) is 3. The lowest BCUT2D eigenvalue weighted by Crippen LogP contribution is -2.46. The van der Waals surface area contributed by atoms with E-state index < -0.39 is 17.8 Å². The minimum Gasteiger partial charge on any atom is -0.507 e. The van der Waals surface area contributed by atoms with Gasteiger partial charge in [-0.3, -0.25) is 4.90 Å². The maximum Gasteiger partial charge on any atom is 0.342 e. The Labute approximate surface area is 259 Å². The number of likely N-dealkylation sites (N-methyl/N-ethyl adjacent to an activating group) is 1. The van der Waals surface area contributed by atoms with Gasteiger partial charge in [-0.25, -0.2) is 14.2 Å². The number of esters is 1. The monoisotopic (exact) mass is 617 g/mol. The van der Waals surface area contributed by atoms with Gasteiger partial charge in [0.05, 0.1) is 17.7 Å². The van der Waals surface area contributed by atoms with E-state index in [-0.39, 0.29) is 24.0 Å². The Bertz CT molecular complexity index is 1850. The topological polar surface area (TPSA) is 88.3 Å². The summed E-state index contributed by atoms with van der Waals surface area (Å²) in [6.45, 7) is 6.91. The van der Waals surface area contributed by atoms with Gasteiger partial charge in [-0.2, -0.15) is 0 Å². The minimum atomic E-state index is -0.506. The third-order valence-corrected chi connectivity index (χ3v) is 8.43. The van der Waals surface area contributed by atoms with Crippen molar-refractivity contribution in [3.05, 3.63) is 99.6 Å². The molecule has 3 aromatic carbocycles. The summed E-state index contributed by atoms with van der Waals surface area (Å²) >= 11 is 5.97. The molecule has 1 aliphatic heterocycles. The van der Waals surface area contributed by atoms with Gasteiger partial charge in [0.2, 0.25) is 5.88 Å². The van der Waals surface area contributed by atoms with Crippen molar-refractivity contribution in [2.75, 3.05) is 39.8 Å². The van der Waals surface area contributed by atoms with Crippen LogP contribution in [0.1, 0.15) is 45.8 Å². The highest BCUT2D eigenvalue weighted by Gasteiger charge is 2.35. The second-order valence-electron chi connectivity index (χ2n) is 11.0. The summed E-state index contributed by atoms with van der Waals surface area (Å²) < 4.78 is 31.5. The molecule has 1 aliphatic rings. The van der Waals surface area contributed by atoms with E-state index in [0.29, 0.717) is 63.2 Å². The number of ether oxygens (including phenoxy) is 2. The average Bonchev–Trinajstić information content (AvgIpc) is 3.37. The summed E-state index contributed by atoms with van der Waals surface area (Å²) in [5, 5.41) is 13.9. The molecule has 10 heteroatoms. The van der Waals surface area contributed by atoms with Gasteiger partial charge >= 0.3 is 5.97 Å². The lowest BCUT2D eigenvalue weighted by molar-refractivity contribution is 0.0526. The molecule has 1 atom stereocenters. The lowest BCUT2D eigenvalue weighted by Gasteiger charge is -2.39. The van der Waals surface area contributed by atoms with Crippen molar-refractivity contribution in [3.8, 4) is 11.6 Å². The van der Waals surface area contributed by atoms with Crippen LogP contribution in [0, 0.1) is 12.7 Å². The van der Waals surface area contributed by atoms with Crippen LogP contribution in [0.4, 0.5) is 4.39 Å². The van der Waals surface area contributed by atoms with Crippen molar-refractivity contribution in [2.24, 2.45) is 0 Å². The van der Waals surface area contributed by atoms with Crippen LogP contribution in [0.15, 0.2) is 65.2 Å². The first-order chi connectivity index (χ1) is 21.3. The fourth-order valence-corrected chi connectivity index (χ4v) is 6.16. The number of pyridine rings is 1. The highest BCUT2D eigenvalue weighted by atomic mass is 35.5. The number of carbonyl (C=O) groups excluding carboxylic acids is 1. The van der Waals surface area contributed by atoms with Gasteiger partial charge in [0.1, 0.15) is 35.1 Å². The summed E-state index contributed by atoms with van der Waals surface area (Å²) in [5.41, 5.74) is 2.89. The Balaban J connectivity index is 1.53. The molecule has 0 bridgehead atoms. The van der Waals surface area contributed by atoms with Crippen LogP contribution in [0.5, 0.6) is 11.6 Å². The number of halogens is 2. The molecule has 44 heavy (non-hydrogen) atoms. The maximum atomic E-state index is 13.7. The zero-order valence-electron chi connectivity index (χ0n) is 24.8. The smallest absolute Gasteiger partial charge is 0.342 e. The highest BCUT2D eigenvalue weighted by Crippen LogP contribution is 2.47. The number of phenols is 1. The summed E-state index contributed by atoms with van der Waals surface area (Å²) in [6.07, 6.45) is 1.66. The summed E-state index contributed by atoms with van der Waals surface area (Å²) in [4.78, 5) is 22.4. The standard InChI is InChI=1S/C34H33ClFN3O5/c1-4-42-34(41)28-20(2)44-33-24-8-6-5-7-23(24)32(40)30(29(28)33)31(39-15-13-38(3)14-16-39)22-11-12-37-27(18-22)43-19-21-9-10-26(36)25(35)17-21/h5-12,17-18,31,40H,4,13-16,19H2,1-3H3. The number of aromatic nitrogens is 1. The lowest BCUT2D eigenvalue weighted by atomic mass is 9.89. The molecule has 0 aliphatic carbocycles. The summed E-state index contributed by atoms with van der Waals surface area (Å²) in [5.74, 6) is -0.155. The largest absolute Gasteiger partial charge is 0.507 e. The Morgan fingerprint density at radius 3 is 2.59 bits per heavy atom. The van der Waals surface area contributed by atoms with Crippen molar-refractivity contribution < 1.29 is 28.2 Å². The molecule has 1 N–H and O–H groups in total. The molecule has 0 radical (unpaired) electrons. The fraction of sp³-hybridized carbons (Fsp3) is 0.294. The van der Waals surface area contributed by atoms with E-state index in [1.165, 1.54) is 12.1 Å². The molecule has 8 nitrogen and oxygen atoms in total. The molecule has 0 spiro atoms. The van der Waals surface area contributed by atoms with Gasteiger partial charge in [0.15, 0.2) is 0 Å². The number of aromatic hydroxyl groups is 1. The predicted octanol–water partition coefficient (Wildman–Crippen LogP) is 6.88. The normalized spacial score (nSPS) is 15.1. The maximum absolute atomic E-state index is 13.7. The SMILES string of the molecule is CCOC(=O)c1c(C)oc2c1c(C(c1ccnc(OCc3ccc(F)c(Cl)c3)c1)N1CCN(C)CC1)c(O)c1ccccc12. The number of piperazine rings is 1. The molecule has 0 amide bonds. The van der Waals surface area contributed by atoms with Crippen LogP contribution in [0.25, 0.3) is 21.7 Å². The molecule has 5 aromatic rings. The van der Waals surface area contributed by atoms with E-state index in [1.807, 2.05) is 36.4 Å². The number of benzene rings is 3. The molecule has 1 fully saturated rings. The molecule has 6 rings (SSSR count). The van der Waals surface area contributed by atoms with Gasteiger partial charge in [0, 0.05) is 60.2 Å². The van der Waals surface area contributed by atoms with Crippen molar-refractivity contribution in [1.82, 2.24) is 14.8 Å². The van der Waals surface area contributed by atoms with E-state index in [4.69, 9.17) is 25.5 Å². The first-order valence-electron chi connectivity index (χ1n) is 14.6. The van der Waals surface area contributed by atoms with Crippen molar-refractivity contribution >= 4 is 39.3 Å². The van der Waals surface area contributed by atoms with E-state index in [0.717, 1.165) is 18.7 Å². The average molecular weight is 618 g/mol. The van der Waals surface area contributed by atoms with Gasteiger partial charge in [-0.1, -0.05) is 41.9 Å². The van der Waals surface area contributed by atoms with Crippen molar-refractivity contribution in [2.45, 2.75) is 26.5 Å². The zero-order chi connectivity index (χ0) is 31.0. The molecule has 1 unspecified atom stereocenters. The summed E-state index contributed by atoms with van der Waals surface area (Å²) in [6, 6.07) is 15.2. The summed E-state index contributed by atoms with van der Waals surface area (Å²) in [7, 11) is 2.08. The van der Waals surface area contributed by atoms with E-state index in [9.17, 15) is 14.3 Å². The second kappa shape index (κ2) is 12.4. The number of hydrogen-bond acceptors (Lipinski definition) is 8. The molecule has 228 valence electrons. The van der Waals surface area contributed by atoms with Crippen LogP contribution < -0.4 is 4.74 Å². The Kier molecular flexibility index (Phi) is 8.44. The minimum absolute atomic E-state index is 0.0200. The van der Waals surface area contributed by atoms with Crippen LogP contribution >= 0.6 is 11.6 Å². The van der Waals surface area contributed by atoms with Crippen LogP contribution in [0.2, 0.25) is 5.02 Å². The molecular formula is C34H33ClFN3O5. The number of phenolic OH excluding ortho intramolecular Hbond substituents is 1. The van der Waals surface area contributed by atoms with Crippen molar-refractivity contribution in [1.29, 1.82) is 0 Å².